The van der Waals surface area contributed by atoms with E-state index in [-0.39, 0.29) is 0 Å². The number of likely N-dealkylation sites (N-methyl/N-ethyl adjacent to an activating group) is 1. The predicted octanol–water partition coefficient (Wildman–Crippen LogP) is 3.57. The summed E-state index contributed by atoms with van der Waals surface area (Å²) >= 11 is 0. The number of phenolic OH excluding ortho intramolecular Hbond substituents is 1. The first-order chi connectivity index (χ1) is 10.1. The first-order valence-corrected chi connectivity index (χ1v) is 8.36. The average Bonchev–Trinajstić information content (AvgIpc) is 2.80. The van der Waals surface area contributed by atoms with Crippen LogP contribution in [0.25, 0.3) is 0 Å². The van der Waals surface area contributed by atoms with Gasteiger partial charge in [-0.25, -0.2) is 0 Å². The lowest BCUT2D eigenvalue weighted by atomic mass is 9.97. The molecule has 118 valence electrons. The van der Waals surface area contributed by atoms with Crippen molar-refractivity contribution in [2.75, 3.05) is 26.2 Å². The zero-order valence-corrected chi connectivity index (χ0v) is 13.9. The molecule has 0 heterocycles. The monoisotopic (exact) mass is 290 g/mol. The van der Waals surface area contributed by atoms with Crippen LogP contribution in [0, 0.1) is 6.92 Å². The maximum Gasteiger partial charge on any atom is 0.120 e. The van der Waals surface area contributed by atoms with Crippen molar-refractivity contribution < 1.29 is 5.11 Å². The Bertz CT molecular complexity index is 473. The number of rotatable bonds is 7. The molecule has 21 heavy (non-hydrogen) atoms. The van der Waals surface area contributed by atoms with Gasteiger partial charge >= 0.3 is 0 Å². The highest BCUT2D eigenvalue weighted by Crippen LogP contribution is 2.45. The van der Waals surface area contributed by atoms with E-state index in [1.165, 1.54) is 24.1 Å². The Morgan fingerprint density at radius 2 is 2.00 bits per heavy atom. The van der Waals surface area contributed by atoms with Crippen molar-refractivity contribution in [2.24, 2.45) is 0 Å². The van der Waals surface area contributed by atoms with Crippen LogP contribution in [0.15, 0.2) is 12.1 Å². The Morgan fingerprint density at radius 1 is 1.24 bits per heavy atom. The van der Waals surface area contributed by atoms with Crippen molar-refractivity contribution >= 4 is 0 Å². The van der Waals surface area contributed by atoms with Crippen molar-refractivity contribution in [3.05, 3.63) is 28.8 Å². The highest BCUT2D eigenvalue weighted by atomic mass is 16.3. The standard InChI is InChI=1S/C18H30N2O/c1-5-10-20(6-2)11-9-19-15-12-14(4)17-13(3)7-8-16(21)18(15)17/h7-8,14-15,19,21H,5-6,9-12H2,1-4H3. The van der Waals surface area contributed by atoms with Crippen LogP contribution < -0.4 is 5.32 Å². The van der Waals surface area contributed by atoms with Crippen LogP contribution in [0.3, 0.4) is 0 Å². The third-order valence-electron chi connectivity index (χ3n) is 4.72. The maximum absolute atomic E-state index is 10.2. The van der Waals surface area contributed by atoms with Crippen LogP contribution in [0.5, 0.6) is 5.75 Å². The molecular weight excluding hydrogens is 260 g/mol. The normalized spacial score (nSPS) is 21.0. The smallest absolute Gasteiger partial charge is 0.120 e. The number of hydrogen-bond acceptors (Lipinski definition) is 3. The Morgan fingerprint density at radius 3 is 2.67 bits per heavy atom. The van der Waals surface area contributed by atoms with Gasteiger partial charge in [0, 0.05) is 24.7 Å². The Balaban J connectivity index is 2.00. The highest BCUT2D eigenvalue weighted by molar-refractivity contribution is 5.50. The van der Waals surface area contributed by atoms with Crippen LogP contribution in [-0.2, 0) is 0 Å². The molecule has 3 nitrogen and oxygen atoms in total. The molecule has 0 spiro atoms. The van der Waals surface area contributed by atoms with Crippen LogP contribution >= 0.6 is 0 Å². The van der Waals surface area contributed by atoms with Gasteiger partial charge in [0.15, 0.2) is 0 Å². The molecule has 0 bridgehead atoms. The number of aryl methyl sites for hydroxylation is 1. The number of phenols is 1. The molecule has 2 unspecified atom stereocenters. The van der Waals surface area contributed by atoms with Gasteiger partial charge in [0.05, 0.1) is 0 Å². The topological polar surface area (TPSA) is 35.5 Å². The second-order valence-corrected chi connectivity index (χ2v) is 6.31. The maximum atomic E-state index is 10.2. The second kappa shape index (κ2) is 7.28. The van der Waals surface area contributed by atoms with E-state index in [0.717, 1.165) is 31.6 Å². The van der Waals surface area contributed by atoms with Crippen molar-refractivity contribution in [3.8, 4) is 5.75 Å². The van der Waals surface area contributed by atoms with Gasteiger partial charge in [0.2, 0.25) is 0 Å². The lowest BCUT2D eigenvalue weighted by Crippen LogP contribution is -2.33. The third kappa shape index (κ3) is 3.58. The molecule has 0 amide bonds. The first-order valence-electron chi connectivity index (χ1n) is 8.36. The lowest BCUT2D eigenvalue weighted by molar-refractivity contribution is 0.281. The number of nitrogens with one attached hydrogen (secondary N) is 1. The molecule has 1 aromatic rings. The largest absolute Gasteiger partial charge is 0.508 e. The molecule has 0 radical (unpaired) electrons. The van der Waals surface area contributed by atoms with E-state index in [1.54, 1.807) is 0 Å². The van der Waals surface area contributed by atoms with Gasteiger partial charge < -0.3 is 15.3 Å². The summed E-state index contributed by atoms with van der Waals surface area (Å²) in [6, 6.07) is 4.18. The molecule has 1 aliphatic rings. The molecule has 2 N–H and O–H groups in total. The van der Waals surface area contributed by atoms with Crippen LogP contribution in [0.4, 0.5) is 0 Å². The number of fused-ring (bicyclic) bond motifs is 1. The number of benzene rings is 1. The fraction of sp³-hybridized carbons (Fsp3) is 0.667. The summed E-state index contributed by atoms with van der Waals surface area (Å²) in [6.45, 7) is 13.2. The average molecular weight is 290 g/mol. The van der Waals surface area contributed by atoms with Gasteiger partial charge in [-0.1, -0.05) is 26.8 Å². The molecule has 3 heteroatoms. The Hall–Kier alpha value is -1.06. The van der Waals surface area contributed by atoms with Gasteiger partial charge in [0.1, 0.15) is 5.75 Å². The quantitative estimate of drug-likeness (QED) is 0.806. The Kier molecular flexibility index (Phi) is 5.65. The molecule has 0 saturated carbocycles. The molecule has 2 atom stereocenters. The molecule has 0 fully saturated rings. The molecular formula is C18H30N2O. The number of hydrogen-bond donors (Lipinski definition) is 2. The summed E-state index contributed by atoms with van der Waals surface area (Å²) in [4.78, 5) is 2.47. The van der Waals surface area contributed by atoms with Crippen LogP contribution in [0.1, 0.15) is 62.3 Å². The summed E-state index contributed by atoms with van der Waals surface area (Å²) in [5, 5.41) is 13.9. The van der Waals surface area contributed by atoms with Crippen molar-refractivity contribution in [3.63, 3.8) is 0 Å². The molecule has 0 aromatic heterocycles. The minimum Gasteiger partial charge on any atom is -0.508 e. The SMILES string of the molecule is CCCN(CC)CCNC1CC(C)c2c(C)ccc(O)c21. The summed E-state index contributed by atoms with van der Waals surface area (Å²) in [7, 11) is 0. The number of aromatic hydroxyl groups is 1. The molecule has 0 saturated heterocycles. The first kappa shape index (κ1) is 16.3. The Labute approximate surface area is 129 Å². The zero-order chi connectivity index (χ0) is 15.4. The van der Waals surface area contributed by atoms with E-state index in [4.69, 9.17) is 0 Å². The zero-order valence-electron chi connectivity index (χ0n) is 13.9. The second-order valence-electron chi connectivity index (χ2n) is 6.31. The summed E-state index contributed by atoms with van der Waals surface area (Å²) < 4.78 is 0. The van der Waals surface area contributed by atoms with E-state index < -0.39 is 0 Å². The number of nitrogens with zero attached hydrogens (tertiary/aromatic N) is 1. The predicted molar refractivity (Wildman–Crippen MR) is 89.0 cm³/mol. The van der Waals surface area contributed by atoms with E-state index in [9.17, 15) is 5.11 Å². The van der Waals surface area contributed by atoms with E-state index in [2.05, 4.69) is 37.9 Å². The molecule has 0 aliphatic heterocycles. The highest BCUT2D eigenvalue weighted by Gasteiger charge is 2.31. The fourth-order valence-electron chi connectivity index (χ4n) is 3.67. The molecule has 1 aromatic carbocycles. The van der Waals surface area contributed by atoms with Gasteiger partial charge in [-0.3, -0.25) is 0 Å². The van der Waals surface area contributed by atoms with E-state index in [1.807, 2.05) is 12.1 Å². The third-order valence-corrected chi connectivity index (χ3v) is 4.72. The summed E-state index contributed by atoms with van der Waals surface area (Å²) in [5.41, 5.74) is 3.80. The van der Waals surface area contributed by atoms with E-state index >= 15 is 0 Å². The summed E-state index contributed by atoms with van der Waals surface area (Å²) in [6.07, 6.45) is 2.30. The van der Waals surface area contributed by atoms with Gasteiger partial charge in [-0.15, -0.1) is 0 Å². The minimum absolute atomic E-state index is 0.301. The minimum atomic E-state index is 0.301. The summed E-state index contributed by atoms with van der Waals surface area (Å²) in [5.74, 6) is 0.987. The van der Waals surface area contributed by atoms with Crippen molar-refractivity contribution in [1.82, 2.24) is 10.2 Å². The van der Waals surface area contributed by atoms with Crippen LogP contribution in [-0.4, -0.2) is 36.2 Å². The molecule has 2 rings (SSSR count). The lowest BCUT2D eigenvalue weighted by Gasteiger charge is -2.22. The van der Waals surface area contributed by atoms with E-state index in [0.29, 0.717) is 17.7 Å². The van der Waals surface area contributed by atoms with Crippen molar-refractivity contribution in [1.29, 1.82) is 0 Å². The van der Waals surface area contributed by atoms with Gasteiger partial charge in [-0.05, 0) is 56.0 Å². The van der Waals surface area contributed by atoms with Gasteiger partial charge in [0.25, 0.3) is 0 Å². The van der Waals surface area contributed by atoms with Gasteiger partial charge in [-0.2, -0.15) is 0 Å². The fourth-order valence-corrected chi connectivity index (χ4v) is 3.67. The van der Waals surface area contributed by atoms with Crippen LogP contribution in [0.2, 0.25) is 0 Å². The van der Waals surface area contributed by atoms with Crippen molar-refractivity contribution in [2.45, 2.75) is 52.5 Å². The molecule has 1 aliphatic carbocycles.